The Morgan fingerprint density at radius 1 is 0.846 bits per heavy atom. The van der Waals surface area contributed by atoms with Gasteiger partial charge >= 0.3 is 0 Å². The molecule has 3 unspecified atom stereocenters. The molecule has 3 rings (SSSR count). The predicted molar refractivity (Wildman–Crippen MR) is 168 cm³/mol. The highest BCUT2D eigenvalue weighted by Crippen LogP contribution is 2.46. The zero-order valence-electron chi connectivity index (χ0n) is 26.2. The molecule has 0 aromatic heterocycles. The van der Waals surface area contributed by atoms with Crippen LogP contribution in [0.3, 0.4) is 0 Å². The molecule has 218 valence electrons. The van der Waals surface area contributed by atoms with E-state index in [4.69, 9.17) is 20.9 Å². The molecule has 2 aromatic rings. The monoisotopic (exact) mass is 536 g/mol. The number of nitrogens with two attached hydrogens (primary N) is 2. The number of hydrogen-bond acceptors (Lipinski definition) is 4. The molecule has 0 fully saturated rings. The molecule has 3 atom stereocenters. The second kappa shape index (κ2) is 13.8. The fourth-order valence-corrected chi connectivity index (χ4v) is 6.18. The van der Waals surface area contributed by atoms with Crippen LogP contribution in [0.25, 0.3) is 0 Å². The summed E-state index contributed by atoms with van der Waals surface area (Å²) in [5.74, 6) is 5.10. The van der Waals surface area contributed by atoms with Gasteiger partial charge in [-0.1, -0.05) is 72.6 Å². The molecule has 4 nitrogen and oxygen atoms in total. The minimum Gasteiger partial charge on any atom is -0.487 e. The Morgan fingerprint density at radius 3 is 2.08 bits per heavy atom. The molecule has 0 amide bonds. The normalized spacial score (nSPS) is 18.5. The van der Waals surface area contributed by atoms with E-state index in [-0.39, 0.29) is 5.60 Å². The van der Waals surface area contributed by atoms with Gasteiger partial charge in [0.25, 0.3) is 0 Å². The summed E-state index contributed by atoms with van der Waals surface area (Å²) in [6.07, 6.45) is 13.9. The van der Waals surface area contributed by atoms with Gasteiger partial charge in [-0.2, -0.15) is 0 Å². The Balaban J connectivity index is 1.53. The van der Waals surface area contributed by atoms with E-state index in [1.165, 1.54) is 62.5 Å². The lowest BCUT2D eigenvalue weighted by Crippen LogP contribution is -2.37. The van der Waals surface area contributed by atoms with Crippen molar-refractivity contribution >= 4 is 11.4 Å². The maximum Gasteiger partial charge on any atom is 0.150 e. The average molecular weight is 537 g/mol. The number of rotatable bonds is 14. The van der Waals surface area contributed by atoms with Crippen LogP contribution in [0.1, 0.15) is 121 Å². The molecule has 0 spiro atoms. The lowest BCUT2D eigenvalue weighted by molar-refractivity contribution is 0.0512. The van der Waals surface area contributed by atoms with E-state index in [1.807, 2.05) is 12.1 Å². The first-order chi connectivity index (χ1) is 18.4. The van der Waals surface area contributed by atoms with Crippen molar-refractivity contribution in [3.05, 3.63) is 40.5 Å². The topological polar surface area (TPSA) is 70.5 Å². The second-order valence-electron chi connectivity index (χ2n) is 13.3. The first-order valence-corrected chi connectivity index (χ1v) is 15.5. The van der Waals surface area contributed by atoms with Crippen LogP contribution in [0.5, 0.6) is 17.2 Å². The van der Waals surface area contributed by atoms with E-state index < -0.39 is 0 Å². The van der Waals surface area contributed by atoms with Crippen LogP contribution in [0, 0.1) is 38.5 Å². The molecular weight excluding hydrogens is 480 g/mol. The first-order valence-electron chi connectivity index (χ1n) is 15.5. The third-order valence-corrected chi connectivity index (χ3v) is 9.08. The summed E-state index contributed by atoms with van der Waals surface area (Å²) in [4.78, 5) is 0. The molecule has 0 bridgehead atoms. The fourth-order valence-electron chi connectivity index (χ4n) is 6.18. The van der Waals surface area contributed by atoms with Crippen LogP contribution in [0.15, 0.2) is 18.2 Å². The van der Waals surface area contributed by atoms with Crippen molar-refractivity contribution in [2.75, 3.05) is 11.5 Å². The molecule has 1 heterocycles. The Bertz CT molecular complexity index is 1090. The van der Waals surface area contributed by atoms with Crippen molar-refractivity contribution in [2.45, 2.75) is 132 Å². The lowest BCUT2D eigenvalue weighted by Gasteiger charge is -2.38. The third-order valence-electron chi connectivity index (χ3n) is 9.08. The zero-order chi connectivity index (χ0) is 28.7. The highest BCUT2D eigenvalue weighted by Gasteiger charge is 2.34. The Labute approximate surface area is 239 Å². The maximum absolute atomic E-state index is 6.81. The number of nitrogen functional groups attached to an aromatic ring is 2. The Hall–Kier alpha value is -2.36. The minimum absolute atomic E-state index is 0.106. The van der Waals surface area contributed by atoms with Crippen molar-refractivity contribution in [3.8, 4) is 17.2 Å². The lowest BCUT2D eigenvalue weighted by atomic mass is 9.83. The summed E-state index contributed by atoms with van der Waals surface area (Å²) in [6.45, 7) is 18.3. The molecule has 1 aliphatic heterocycles. The zero-order valence-corrected chi connectivity index (χ0v) is 26.2. The summed E-state index contributed by atoms with van der Waals surface area (Å²) in [7, 11) is 0. The average Bonchev–Trinajstić information content (AvgIpc) is 2.86. The van der Waals surface area contributed by atoms with Gasteiger partial charge < -0.3 is 20.9 Å². The smallest absolute Gasteiger partial charge is 0.150 e. The van der Waals surface area contributed by atoms with Crippen LogP contribution < -0.4 is 20.9 Å². The molecule has 4 N–H and O–H groups in total. The number of anilines is 2. The molecule has 0 saturated carbocycles. The largest absolute Gasteiger partial charge is 0.487 e. The summed E-state index contributed by atoms with van der Waals surface area (Å²) in [5, 5.41) is 0. The van der Waals surface area contributed by atoms with E-state index in [2.05, 4.69) is 55.4 Å². The highest BCUT2D eigenvalue weighted by molar-refractivity contribution is 5.64. The van der Waals surface area contributed by atoms with Crippen LogP contribution in [-0.2, 0) is 6.42 Å². The van der Waals surface area contributed by atoms with Gasteiger partial charge in [0.05, 0.1) is 5.69 Å². The number of ether oxygens (including phenoxy) is 2. The van der Waals surface area contributed by atoms with Crippen molar-refractivity contribution in [3.63, 3.8) is 0 Å². The Morgan fingerprint density at radius 2 is 1.46 bits per heavy atom. The molecule has 0 radical (unpaired) electrons. The molecule has 0 saturated heterocycles. The molecule has 39 heavy (non-hydrogen) atoms. The van der Waals surface area contributed by atoms with Gasteiger partial charge in [-0.05, 0) is 106 Å². The van der Waals surface area contributed by atoms with Crippen LogP contribution in [-0.4, -0.2) is 5.60 Å². The van der Waals surface area contributed by atoms with Gasteiger partial charge in [-0.3, -0.25) is 0 Å². The molecule has 1 aliphatic rings. The minimum atomic E-state index is -0.106. The summed E-state index contributed by atoms with van der Waals surface area (Å²) in [6, 6.07) is 5.42. The van der Waals surface area contributed by atoms with Gasteiger partial charge in [0.15, 0.2) is 0 Å². The third kappa shape index (κ3) is 8.56. The predicted octanol–water partition coefficient (Wildman–Crippen LogP) is 10.1. The fraction of sp³-hybridized carbons (Fsp3) is 0.657. The van der Waals surface area contributed by atoms with Crippen molar-refractivity contribution in [1.82, 2.24) is 0 Å². The standard InChI is InChI=1S/C35H56N2O2/c1-23(2)12-9-13-24(3)14-10-15-25(4)16-11-20-35(8)21-19-30-28(7)33(26(5)27(6)34(30)39-35)38-32-18-17-29(36)22-31(32)37/h17-18,22-25H,9-16,19-21,36-37H2,1-8H3. The van der Waals surface area contributed by atoms with Gasteiger partial charge in [0.1, 0.15) is 22.8 Å². The summed E-state index contributed by atoms with van der Waals surface area (Å²) >= 11 is 0. The number of fused-ring (bicyclic) bond motifs is 1. The second-order valence-corrected chi connectivity index (χ2v) is 13.3. The number of hydrogen-bond donors (Lipinski definition) is 2. The van der Waals surface area contributed by atoms with Crippen molar-refractivity contribution in [2.24, 2.45) is 17.8 Å². The van der Waals surface area contributed by atoms with E-state index >= 15 is 0 Å². The van der Waals surface area contributed by atoms with E-state index in [9.17, 15) is 0 Å². The molecular formula is C35H56N2O2. The van der Waals surface area contributed by atoms with Crippen LogP contribution in [0.4, 0.5) is 11.4 Å². The summed E-state index contributed by atoms with van der Waals surface area (Å²) in [5.41, 5.74) is 17.8. The van der Waals surface area contributed by atoms with Gasteiger partial charge in [0.2, 0.25) is 0 Å². The van der Waals surface area contributed by atoms with Crippen LogP contribution in [0.2, 0.25) is 0 Å². The Kier molecular flexibility index (Phi) is 11.0. The SMILES string of the molecule is Cc1c(C)c2c(c(C)c1Oc1ccc(N)cc1N)CCC(C)(CCCC(C)CCCC(C)CCCC(C)C)O2. The highest BCUT2D eigenvalue weighted by atomic mass is 16.5. The van der Waals surface area contributed by atoms with E-state index in [0.717, 1.165) is 59.6 Å². The maximum atomic E-state index is 6.81. The van der Waals surface area contributed by atoms with E-state index in [0.29, 0.717) is 17.1 Å². The first kappa shape index (κ1) is 31.2. The van der Waals surface area contributed by atoms with Gasteiger partial charge in [-0.25, -0.2) is 0 Å². The molecule has 4 heteroatoms. The molecule has 0 aliphatic carbocycles. The van der Waals surface area contributed by atoms with Crippen molar-refractivity contribution < 1.29 is 9.47 Å². The number of benzene rings is 2. The van der Waals surface area contributed by atoms with Crippen molar-refractivity contribution in [1.29, 1.82) is 0 Å². The van der Waals surface area contributed by atoms with E-state index in [1.54, 1.807) is 6.07 Å². The molecule has 2 aromatic carbocycles. The van der Waals surface area contributed by atoms with Gasteiger partial charge in [-0.15, -0.1) is 0 Å². The van der Waals surface area contributed by atoms with Gasteiger partial charge in [0, 0.05) is 11.3 Å². The van der Waals surface area contributed by atoms with Crippen LogP contribution >= 0.6 is 0 Å². The quantitative estimate of drug-likeness (QED) is 0.236. The summed E-state index contributed by atoms with van der Waals surface area (Å²) < 4.78 is 13.2.